The largest absolute Gasteiger partial charge is 0.464 e. The number of benzene rings is 1. The van der Waals surface area contributed by atoms with Gasteiger partial charge in [0.05, 0.1) is 6.04 Å². The van der Waals surface area contributed by atoms with Gasteiger partial charge >= 0.3 is 12.0 Å². The Morgan fingerprint density at radius 2 is 2.00 bits per heavy atom. The van der Waals surface area contributed by atoms with E-state index >= 15 is 0 Å². The van der Waals surface area contributed by atoms with Crippen molar-refractivity contribution in [3.8, 4) is 0 Å². The molecule has 6 nitrogen and oxygen atoms in total. The fraction of sp³-hybridized carbons (Fsp3) is 0.412. The molecule has 0 radical (unpaired) electrons. The second-order valence-electron chi connectivity index (χ2n) is 5.73. The van der Waals surface area contributed by atoms with Crippen LogP contribution in [0.25, 0.3) is 0 Å². The number of esters is 1. The van der Waals surface area contributed by atoms with Crippen LogP contribution in [-0.4, -0.2) is 44.7 Å². The second kappa shape index (κ2) is 8.10. The minimum absolute atomic E-state index is 0.337. The molecule has 0 aliphatic carbocycles. The number of carbonyl (C=O) groups excluding carboxylic acids is 2. The number of thioether (sulfide) groups is 1. The summed E-state index contributed by atoms with van der Waals surface area (Å²) in [4.78, 5) is 26.3. The van der Waals surface area contributed by atoms with Crippen molar-refractivity contribution >= 4 is 29.4 Å². The highest BCUT2D eigenvalue weighted by molar-refractivity contribution is 7.98. The molecule has 2 rings (SSSR count). The molecule has 2 amide bonds. The van der Waals surface area contributed by atoms with Gasteiger partial charge in [-0.2, -0.15) is 11.8 Å². The maximum absolute atomic E-state index is 12.5. The number of nitrogens with zero attached hydrogens (tertiary/aromatic N) is 1. The average molecular weight is 349 g/mol. The fourth-order valence-electron chi connectivity index (χ4n) is 2.53. The predicted octanol–water partition coefficient (Wildman–Crippen LogP) is 2.14. The maximum atomic E-state index is 12.5. The van der Waals surface area contributed by atoms with Gasteiger partial charge in [0.1, 0.15) is 12.5 Å². The Kier molecular flexibility index (Phi) is 6.14. The Bertz CT molecular complexity index is 616. The number of hydrogen-bond acceptors (Lipinski definition) is 5. The summed E-state index contributed by atoms with van der Waals surface area (Å²) < 4.78 is 5.32. The third-order valence-corrected chi connectivity index (χ3v) is 4.40. The lowest BCUT2D eigenvalue weighted by Crippen LogP contribution is -2.51. The summed E-state index contributed by atoms with van der Waals surface area (Å²) in [6.45, 7) is 4.17. The SMILES string of the molecule is C=C1NC(=O)N[C@H](c2ccc(N(C)C)cc2)[C@H]1C(=O)OCCSC. The summed E-state index contributed by atoms with van der Waals surface area (Å²) in [5, 5.41) is 5.37. The number of urea groups is 1. The molecule has 0 aromatic heterocycles. The summed E-state index contributed by atoms with van der Waals surface area (Å²) in [6, 6.07) is 6.84. The van der Waals surface area contributed by atoms with Crippen molar-refractivity contribution in [2.24, 2.45) is 5.92 Å². The van der Waals surface area contributed by atoms with Crippen LogP contribution in [0, 0.1) is 5.92 Å². The van der Waals surface area contributed by atoms with Crippen molar-refractivity contribution in [3.05, 3.63) is 42.1 Å². The van der Waals surface area contributed by atoms with E-state index in [-0.39, 0.29) is 12.0 Å². The van der Waals surface area contributed by atoms with Crippen LogP contribution in [0.15, 0.2) is 36.5 Å². The maximum Gasteiger partial charge on any atom is 0.319 e. The lowest BCUT2D eigenvalue weighted by molar-refractivity contribution is -0.147. The molecular formula is C17H23N3O3S. The molecule has 0 bridgehead atoms. The number of amides is 2. The number of rotatable bonds is 6. The molecule has 1 aliphatic rings. The van der Waals surface area contributed by atoms with Gasteiger partial charge in [-0.1, -0.05) is 18.7 Å². The summed E-state index contributed by atoms with van der Waals surface area (Å²) in [7, 11) is 3.91. The van der Waals surface area contributed by atoms with Gasteiger partial charge in [-0.05, 0) is 24.0 Å². The van der Waals surface area contributed by atoms with Gasteiger partial charge in [0.25, 0.3) is 0 Å². The predicted molar refractivity (Wildman–Crippen MR) is 97.1 cm³/mol. The third-order valence-electron chi connectivity index (χ3n) is 3.82. The third kappa shape index (κ3) is 4.23. The fourth-order valence-corrected chi connectivity index (χ4v) is 2.78. The van der Waals surface area contributed by atoms with Crippen LogP contribution < -0.4 is 15.5 Å². The number of hydrogen-bond donors (Lipinski definition) is 2. The van der Waals surface area contributed by atoms with E-state index in [1.54, 1.807) is 11.8 Å². The van der Waals surface area contributed by atoms with Gasteiger partial charge in [0.2, 0.25) is 0 Å². The highest BCUT2D eigenvalue weighted by Gasteiger charge is 2.38. The molecule has 1 aliphatic heterocycles. The topological polar surface area (TPSA) is 70.7 Å². The highest BCUT2D eigenvalue weighted by atomic mass is 32.2. The Morgan fingerprint density at radius 1 is 1.33 bits per heavy atom. The van der Waals surface area contributed by atoms with Crippen LogP contribution in [-0.2, 0) is 9.53 Å². The van der Waals surface area contributed by atoms with Gasteiger partial charge in [0.15, 0.2) is 0 Å². The smallest absolute Gasteiger partial charge is 0.319 e. The van der Waals surface area contributed by atoms with E-state index in [0.717, 1.165) is 17.0 Å². The van der Waals surface area contributed by atoms with Gasteiger partial charge < -0.3 is 20.3 Å². The van der Waals surface area contributed by atoms with Crippen molar-refractivity contribution in [1.29, 1.82) is 0 Å². The first-order valence-electron chi connectivity index (χ1n) is 7.63. The molecule has 0 unspecified atom stereocenters. The summed E-state index contributed by atoms with van der Waals surface area (Å²) >= 11 is 1.60. The zero-order valence-corrected chi connectivity index (χ0v) is 15.0. The van der Waals surface area contributed by atoms with Gasteiger partial charge in [-0.15, -0.1) is 0 Å². The van der Waals surface area contributed by atoms with Crippen molar-refractivity contribution in [1.82, 2.24) is 10.6 Å². The zero-order chi connectivity index (χ0) is 17.7. The minimum Gasteiger partial charge on any atom is -0.464 e. The van der Waals surface area contributed by atoms with Gasteiger partial charge in [-0.25, -0.2) is 4.79 Å². The van der Waals surface area contributed by atoms with E-state index in [2.05, 4.69) is 17.2 Å². The van der Waals surface area contributed by atoms with E-state index in [0.29, 0.717) is 12.3 Å². The molecule has 0 spiro atoms. The number of nitrogens with one attached hydrogen (secondary N) is 2. The van der Waals surface area contributed by atoms with Crippen LogP contribution in [0.4, 0.5) is 10.5 Å². The van der Waals surface area contributed by atoms with E-state index < -0.39 is 12.0 Å². The van der Waals surface area contributed by atoms with Crippen molar-refractivity contribution in [2.45, 2.75) is 6.04 Å². The minimum atomic E-state index is -0.658. The average Bonchev–Trinajstić information content (AvgIpc) is 2.54. The van der Waals surface area contributed by atoms with Crippen molar-refractivity contribution in [2.75, 3.05) is 37.6 Å². The van der Waals surface area contributed by atoms with E-state index in [9.17, 15) is 9.59 Å². The van der Waals surface area contributed by atoms with Crippen molar-refractivity contribution < 1.29 is 14.3 Å². The van der Waals surface area contributed by atoms with Gasteiger partial charge in [-0.3, -0.25) is 4.79 Å². The molecular weight excluding hydrogens is 326 g/mol. The Labute approximate surface area is 146 Å². The number of carbonyl (C=O) groups is 2. The van der Waals surface area contributed by atoms with Crippen LogP contribution >= 0.6 is 11.8 Å². The molecule has 0 saturated carbocycles. The Balaban J connectivity index is 2.23. The summed E-state index contributed by atoms with van der Waals surface area (Å²) in [5.74, 6) is -0.314. The van der Waals surface area contributed by atoms with Crippen LogP contribution in [0.5, 0.6) is 0 Å². The molecule has 1 saturated heterocycles. The lowest BCUT2D eigenvalue weighted by atomic mass is 9.89. The monoisotopic (exact) mass is 349 g/mol. The van der Waals surface area contributed by atoms with Crippen LogP contribution in [0.3, 0.4) is 0 Å². The van der Waals surface area contributed by atoms with E-state index in [4.69, 9.17) is 4.74 Å². The normalized spacial score (nSPS) is 20.1. The second-order valence-corrected chi connectivity index (χ2v) is 6.71. The van der Waals surface area contributed by atoms with Gasteiger partial charge in [0, 0.05) is 31.2 Å². The highest BCUT2D eigenvalue weighted by Crippen LogP contribution is 2.31. The Morgan fingerprint density at radius 3 is 2.58 bits per heavy atom. The first-order valence-corrected chi connectivity index (χ1v) is 9.02. The molecule has 1 aromatic rings. The first-order chi connectivity index (χ1) is 11.4. The lowest BCUT2D eigenvalue weighted by Gasteiger charge is -2.33. The zero-order valence-electron chi connectivity index (χ0n) is 14.2. The first kappa shape index (κ1) is 18.2. The Hall–Kier alpha value is -2.15. The van der Waals surface area contributed by atoms with E-state index in [1.165, 1.54) is 0 Å². The van der Waals surface area contributed by atoms with E-state index in [1.807, 2.05) is 49.5 Å². The molecule has 130 valence electrons. The number of ether oxygens (including phenoxy) is 1. The quantitative estimate of drug-likeness (QED) is 0.608. The van der Waals surface area contributed by atoms with Crippen LogP contribution in [0.1, 0.15) is 11.6 Å². The summed E-state index contributed by atoms with van der Waals surface area (Å²) in [6.07, 6.45) is 1.95. The van der Waals surface area contributed by atoms with Crippen LogP contribution in [0.2, 0.25) is 0 Å². The van der Waals surface area contributed by atoms with Crippen molar-refractivity contribution in [3.63, 3.8) is 0 Å². The molecule has 7 heteroatoms. The molecule has 1 fully saturated rings. The standard InChI is InChI=1S/C17H23N3O3S/c1-11-14(16(21)23-9-10-24-4)15(19-17(22)18-11)12-5-7-13(8-6-12)20(2)3/h5-8,14-15H,1,9-10H2,2-4H3,(H2,18,19,22)/t14-,15+/m0/s1. The molecule has 1 heterocycles. The molecule has 2 N–H and O–H groups in total. The molecule has 2 atom stereocenters. The molecule has 24 heavy (non-hydrogen) atoms. The number of anilines is 1. The molecule has 1 aromatic carbocycles. The summed E-state index contributed by atoms with van der Waals surface area (Å²) in [5.41, 5.74) is 2.23.